The van der Waals surface area contributed by atoms with Crippen molar-refractivity contribution in [2.24, 2.45) is 0 Å². The Morgan fingerprint density at radius 2 is 2.09 bits per heavy atom. The standard InChI is InChI=1S/C15H14ClF3N2O2/c1-23-8-7-21(9-15(17,18)19)14(22)11-4-5-12(16)13-10(11)3-2-6-20-13/h2-6H,7-9H2,1H3. The number of amides is 1. The van der Waals surface area contributed by atoms with E-state index in [-0.39, 0.29) is 18.7 Å². The number of nitrogens with zero attached hydrogens (tertiary/aromatic N) is 2. The SMILES string of the molecule is COCCN(CC(F)(F)F)C(=O)c1ccc(Cl)c2ncccc12. The highest BCUT2D eigenvalue weighted by Gasteiger charge is 2.33. The summed E-state index contributed by atoms with van der Waals surface area (Å²) in [6.07, 6.45) is -3.00. The van der Waals surface area contributed by atoms with E-state index in [0.717, 1.165) is 0 Å². The van der Waals surface area contributed by atoms with Crippen LogP contribution in [0.4, 0.5) is 13.2 Å². The van der Waals surface area contributed by atoms with Crippen molar-refractivity contribution in [3.63, 3.8) is 0 Å². The quantitative estimate of drug-likeness (QED) is 0.831. The van der Waals surface area contributed by atoms with E-state index in [1.807, 2.05) is 0 Å². The Morgan fingerprint density at radius 3 is 2.74 bits per heavy atom. The Balaban J connectivity index is 2.41. The molecule has 0 saturated heterocycles. The van der Waals surface area contributed by atoms with E-state index < -0.39 is 18.6 Å². The van der Waals surface area contributed by atoms with Gasteiger partial charge in [0.15, 0.2) is 0 Å². The summed E-state index contributed by atoms with van der Waals surface area (Å²) in [5.41, 5.74) is 0.497. The van der Waals surface area contributed by atoms with E-state index in [1.165, 1.54) is 25.4 Å². The fraction of sp³-hybridized carbons (Fsp3) is 0.333. The van der Waals surface area contributed by atoms with Gasteiger partial charge in [-0.2, -0.15) is 13.2 Å². The van der Waals surface area contributed by atoms with Gasteiger partial charge >= 0.3 is 6.18 Å². The molecule has 124 valence electrons. The van der Waals surface area contributed by atoms with Crippen LogP contribution in [0.25, 0.3) is 10.9 Å². The van der Waals surface area contributed by atoms with E-state index in [1.54, 1.807) is 12.1 Å². The highest BCUT2D eigenvalue weighted by molar-refractivity contribution is 6.35. The van der Waals surface area contributed by atoms with Gasteiger partial charge < -0.3 is 9.64 Å². The zero-order valence-corrected chi connectivity index (χ0v) is 13.0. The molecule has 1 heterocycles. The lowest BCUT2D eigenvalue weighted by molar-refractivity contribution is -0.141. The summed E-state index contributed by atoms with van der Waals surface area (Å²) in [4.78, 5) is 17.3. The lowest BCUT2D eigenvalue weighted by Gasteiger charge is -2.24. The van der Waals surface area contributed by atoms with Crippen LogP contribution in [0.15, 0.2) is 30.5 Å². The zero-order valence-electron chi connectivity index (χ0n) is 12.2. The molecule has 1 aromatic heterocycles. The van der Waals surface area contributed by atoms with Crippen molar-refractivity contribution in [1.29, 1.82) is 0 Å². The third-order valence-corrected chi connectivity index (χ3v) is 3.48. The molecule has 2 aromatic rings. The molecule has 1 aromatic carbocycles. The molecule has 0 N–H and O–H groups in total. The lowest BCUT2D eigenvalue weighted by atomic mass is 10.1. The number of aromatic nitrogens is 1. The van der Waals surface area contributed by atoms with Crippen molar-refractivity contribution < 1.29 is 22.7 Å². The minimum absolute atomic E-state index is 0.00555. The number of rotatable bonds is 5. The topological polar surface area (TPSA) is 42.4 Å². The minimum Gasteiger partial charge on any atom is -0.383 e. The number of hydrogen-bond acceptors (Lipinski definition) is 3. The predicted molar refractivity (Wildman–Crippen MR) is 80.6 cm³/mol. The molecule has 0 atom stereocenters. The number of methoxy groups -OCH3 is 1. The number of carbonyl (C=O) groups excluding carboxylic acids is 1. The molecule has 0 spiro atoms. The summed E-state index contributed by atoms with van der Waals surface area (Å²) in [5.74, 6) is -0.742. The van der Waals surface area contributed by atoms with Crippen molar-refractivity contribution in [1.82, 2.24) is 9.88 Å². The number of alkyl halides is 3. The van der Waals surface area contributed by atoms with Crippen molar-refractivity contribution in [3.05, 3.63) is 41.0 Å². The smallest absolute Gasteiger partial charge is 0.383 e. The molecule has 1 amide bonds. The first-order valence-corrected chi connectivity index (χ1v) is 7.09. The Morgan fingerprint density at radius 1 is 1.35 bits per heavy atom. The second-order valence-corrected chi connectivity index (χ2v) is 5.24. The van der Waals surface area contributed by atoms with Gasteiger partial charge in [0.1, 0.15) is 6.54 Å². The summed E-state index contributed by atoms with van der Waals surface area (Å²) < 4.78 is 42.9. The van der Waals surface area contributed by atoms with Crippen LogP contribution in [0, 0.1) is 0 Å². The largest absolute Gasteiger partial charge is 0.406 e. The van der Waals surface area contributed by atoms with Crippen LogP contribution < -0.4 is 0 Å². The Hall–Kier alpha value is -1.86. The van der Waals surface area contributed by atoms with Gasteiger partial charge in [-0.25, -0.2) is 0 Å². The maximum atomic E-state index is 12.7. The molecule has 23 heavy (non-hydrogen) atoms. The van der Waals surface area contributed by atoms with Crippen LogP contribution in [0.3, 0.4) is 0 Å². The number of fused-ring (bicyclic) bond motifs is 1. The second kappa shape index (κ2) is 7.14. The number of pyridine rings is 1. The average molecular weight is 347 g/mol. The van der Waals surface area contributed by atoms with Crippen LogP contribution in [0.1, 0.15) is 10.4 Å². The first-order chi connectivity index (χ1) is 10.8. The third kappa shape index (κ3) is 4.33. The van der Waals surface area contributed by atoms with Gasteiger partial charge in [0, 0.05) is 30.8 Å². The summed E-state index contributed by atoms with van der Waals surface area (Å²) in [5, 5.41) is 0.742. The molecule has 0 aliphatic carbocycles. The number of hydrogen-bond donors (Lipinski definition) is 0. The number of ether oxygens (including phenoxy) is 1. The molecule has 8 heteroatoms. The van der Waals surface area contributed by atoms with Gasteiger partial charge in [-0.15, -0.1) is 0 Å². The van der Waals surface area contributed by atoms with E-state index in [9.17, 15) is 18.0 Å². The summed E-state index contributed by atoms with van der Waals surface area (Å²) in [6.45, 7) is -1.51. The van der Waals surface area contributed by atoms with Gasteiger partial charge in [-0.05, 0) is 18.2 Å². The van der Waals surface area contributed by atoms with Gasteiger partial charge in [-0.3, -0.25) is 9.78 Å². The Bertz CT molecular complexity index is 707. The minimum atomic E-state index is -4.50. The van der Waals surface area contributed by atoms with Gasteiger partial charge in [0.05, 0.1) is 17.1 Å². The van der Waals surface area contributed by atoms with E-state index in [2.05, 4.69) is 4.98 Å². The van der Waals surface area contributed by atoms with E-state index >= 15 is 0 Å². The molecule has 4 nitrogen and oxygen atoms in total. The number of benzene rings is 1. The Kier molecular flexibility index (Phi) is 5.43. The molecule has 0 aliphatic rings. The number of halogens is 4. The normalized spacial score (nSPS) is 11.7. The molecule has 0 fully saturated rings. The van der Waals surface area contributed by atoms with Crippen molar-refractivity contribution in [2.45, 2.75) is 6.18 Å². The van der Waals surface area contributed by atoms with Crippen molar-refractivity contribution in [3.8, 4) is 0 Å². The molecular weight excluding hydrogens is 333 g/mol. The first-order valence-electron chi connectivity index (χ1n) is 6.71. The second-order valence-electron chi connectivity index (χ2n) is 4.83. The fourth-order valence-corrected chi connectivity index (χ4v) is 2.38. The molecule has 0 bridgehead atoms. The van der Waals surface area contributed by atoms with Crippen LogP contribution in [0.5, 0.6) is 0 Å². The Labute approximate surface area is 135 Å². The van der Waals surface area contributed by atoms with Crippen LogP contribution >= 0.6 is 11.6 Å². The summed E-state index contributed by atoms with van der Waals surface area (Å²) >= 11 is 6.02. The van der Waals surface area contributed by atoms with Crippen molar-refractivity contribution >= 4 is 28.4 Å². The first kappa shape index (κ1) is 17.5. The third-order valence-electron chi connectivity index (χ3n) is 3.17. The highest BCUT2D eigenvalue weighted by atomic mass is 35.5. The molecule has 0 aliphatic heterocycles. The monoisotopic (exact) mass is 346 g/mol. The van der Waals surface area contributed by atoms with Gasteiger partial charge in [-0.1, -0.05) is 17.7 Å². The molecular formula is C15H14ClF3N2O2. The van der Waals surface area contributed by atoms with Gasteiger partial charge in [0.25, 0.3) is 5.91 Å². The van der Waals surface area contributed by atoms with Crippen LogP contribution in [-0.2, 0) is 4.74 Å². The average Bonchev–Trinajstić information content (AvgIpc) is 2.50. The highest BCUT2D eigenvalue weighted by Crippen LogP contribution is 2.26. The molecule has 0 unspecified atom stereocenters. The maximum Gasteiger partial charge on any atom is 0.406 e. The number of carbonyl (C=O) groups is 1. The van der Waals surface area contributed by atoms with E-state index in [4.69, 9.17) is 16.3 Å². The maximum absolute atomic E-state index is 12.7. The molecule has 0 saturated carbocycles. The fourth-order valence-electron chi connectivity index (χ4n) is 2.17. The summed E-state index contributed by atoms with van der Waals surface area (Å²) in [6, 6.07) is 6.05. The molecule has 2 rings (SSSR count). The van der Waals surface area contributed by atoms with E-state index in [0.29, 0.717) is 20.8 Å². The molecule has 0 radical (unpaired) electrons. The predicted octanol–water partition coefficient (Wildman–Crippen LogP) is 3.54. The lowest BCUT2D eigenvalue weighted by Crippen LogP contribution is -2.41. The van der Waals surface area contributed by atoms with Crippen LogP contribution in [0.2, 0.25) is 5.02 Å². The summed E-state index contributed by atoms with van der Waals surface area (Å²) in [7, 11) is 1.36. The van der Waals surface area contributed by atoms with Crippen molar-refractivity contribution in [2.75, 3.05) is 26.8 Å². The van der Waals surface area contributed by atoms with Gasteiger partial charge in [0.2, 0.25) is 0 Å². The zero-order chi connectivity index (χ0) is 17.0. The van der Waals surface area contributed by atoms with Crippen LogP contribution in [-0.4, -0.2) is 48.8 Å².